The fraction of sp³-hybridized carbons (Fsp3) is 0.261. The van der Waals surface area contributed by atoms with Gasteiger partial charge in [-0.05, 0) is 47.9 Å². The highest BCUT2D eigenvalue weighted by atomic mass is 16.4. The van der Waals surface area contributed by atoms with E-state index in [-0.39, 0.29) is 12.2 Å². The van der Waals surface area contributed by atoms with Crippen molar-refractivity contribution in [2.24, 2.45) is 5.41 Å². The number of hydrogen-bond acceptors (Lipinski definition) is 4. The average molecular weight is 377 g/mol. The highest BCUT2D eigenvalue weighted by Crippen LogP contribution is 2.45. The van der Waals surface area contributed by atoms with Crippen LogP contribution in [-0.4, -0.2) is 27.6 Å². The third kappa shape index (κ3) is 4.73. The predicted molar refractivity (Wildman–Crippen MR) is 107 cm³/mol. The number of nitrogens with zero attached hydrogens (tertiary/aromatic N) is 1. The van der Waals surface area contributed by atoms with Crippen LogP contribution in [0.25, 0.3) is 6.08 Å². The average Bonchev–Trinajstić information content (AvgIpc) is 2.61. The lowest BCUT2D eigenvalue weighted by atomic mass is 9.64. The molecule has 1 aromatic carbocycles. The first-order valence-corrected chi connectivity index (χ1v) is 8.83. The molecule has 5 heteroatoms. The Kier molecular flexibility index (Phi) is 6.17. The molecule has 1 aliphatic rings. The van der Waals surface area contributed by atoms with Gasteiger partial charge in [0.05, 0.1) is 11.6 Å². The van der Waals surface area contributed by atoms with Gasteiger partial charge >= 0.3 is 5.97 Å². The van der Waals surface area contributed by atoms with Gasteiger partial charge in [0.2, 0.25) is 0 Å². The Balaban J connectivity index is 2.47. The summed E-state index contributed by atoms with van der Waals surface area (Å²) in [5.41, 5.74) is -0.0794. The highest BCUT2D eigenvalue weighted by molar-refractivity contribution is 5.94. The summed E-state index contributed by atoms with van der Waals surface area (Å²) in [6, 6.07) is 9.06. The zero-order chi connectivity index (χ0) is 20.9. The molecule has 0 fully saturated rings. The van der Waals surface area contributed by atoms with E-state index < -0.39 is 17.0 Å². The van der Waals surface area contributed by atoms with Crippen LogP contribution < -0.4 is 0 Å². The quantitative estimate of drug-likeness (QED) is 0.600. The normalized spacial score (nSPS) is 22.3. The SMILES string of the molecule is CC(=C/C(=O)O)/C=C/[C@@]1(O)C(/C=C/c2cccc(C#N)c2)=CC(=O)CC1(C)C. The molecule has 1 atom stereocenters. The summed E-state index contributed by atoms with van der Waals surface area (Å²) < 4.78 is 0. The van der Waals surface area contributed by atoms with Gasteiger partial charge in [0.15, 0.2) is 5.78 Å². The number of carboxylic acids is 1. The number of nitriles is 1. The molecule has 0 bridgehead atoms. The third-order valence-electron chi connectivity index (χ3n) is 4.81. The van der Waals surface area contributed by atoms with Crippen molar-refractivity contribution in [2.75, 3.05) is 0 Å². The Hall–Kier alpha value is -3.23. The van der Waals surface area contributed by atoms with E-state index in [1.54, 1.807) is 57.2 Å². The maximum Gasteiger partial charge on any atom is 0.328 e. The number of carbonyl (C=O) groups excluding carboxylic acids is 1. The molecule has 0 radical (unpaired) electrons. The molecule has 0 spiro atoms. The molecule has 0 aromatic heterocycles. The molecular formula is C23H23NO4. The van der Waals surface area contributed by atoms with Gasteiger partial charge in [-0.25, -0.2) is 4.79 Å². The number of aliphatic hydroxyl groups is 1. The summed E-state index contributed by atoms with van der Waals surface area (Å²) in [5.74, 6) is -1.16. The zero-order valence-electron chi connectivity index (χ0n) is 16.1. The Morgan fingerprint density at radius 2 is 2.00 bits per heavy atom. The molecule has 0 amide bonds. The first kappa shape index (κ1) is 21.1. The molecule has 0 saturated heterocycles. The number of rotatable bonds is 5. The first-order chi connectivity index (χ1) is 13.1. The molecule has 0 saturated carbocycles. The van der Waals surface area contributed by atoms with E-state index in [0.717, 1.165) is 11.6 Å². The largest absolute Gasteiger partial charge is 0.478 e. The minimum absolute atomic E-state index is 0.0914. The third-order valence-corrected chi connectivity index (χ3v) is 4.81. The Morgan fingerprint density at radius 3 is 2.64 bits per heavy atom. The van der Waals surface area contributed by atoms with Crippen molar-refractivity contribution in [1.29, 1.82) is 5.26 Å². The number of hydrogen-bond donors (Lipinski definition) is 2. The number of carboxylic acid groups (broad SMARTS) is 1. The number of aliphatic carboxylic acids is 1. The molecule has 144 valence electrons. The van der Waals surface area contributed by atoms with E-state index in [2.05, 4.69) is 6.07 Å². The summed E-state index contributed by atoms with van der Waals surface area (Å²) in [6.45, 7) is 5.22. The van der Waals surface area contributed by atoms with Crippen molar-refractivity contribution in [3.63, 3.8) is 0 Å². The molecule has 1 aliphatic carbocycles. The summed E-state index contributed by atoms with van der Waals surface area (Å²) in [5, 5.41) is 29.3. The lowest BCUT2D eigenvalue weighted by Gasteiger charge is -2.44. The van der Waals surface area contributed by atoms with Crippen LogP contribution in [-0.2, 0) is 9.59 Å². The van der Waals surface area contributed by atoms with Crippen LogP contribution >= 0.6 is 0 Å². The Morgan fingerprint density at radius 1 is 1.29 bits per heavy atom. The number of allylic oxidation sites excluding steroid dienone is 3. The van der Waals surface area contributed by atoms with Crippen LogP contribution in [0.5, 0.6) is 0 Å². The van der Waals surface area contributed by atoms with E-state index in [1.807, 2.05) is 6.07 Å². The monoisotopic (exact) mass is 377 g/mol. The van der Waals surface area contributed by atoms with E-state index in [0.29, 0.717) is 16.7 Å². The van der Waals surface area contributed by atoms with E-state index in [4.69, 9.17) is 10.4 Å². The summed E-state index contributed by atoms with van der Waals surface area (Å²) >= 11 is 0. The molecular weight excluding hydrogens is 354 g/mol. The van der Waals surface area contributed by atoms with Crippen LogP contribution in [0.1, 0.15) is 38.3 Å². The van der Waals surface area contributed by atoms with Gasteiger partial charge in [0.1, 0.15) is 5.60 Å². The smallest absolute Gasteiger partial charge is 0.328 e. The van der Waals surface area contributed by atoms with E-state index >= 15 is 0 Å². The maximum absolute atomic E-state index is 12.2. The molecule has 0 unspecified atom stereocenters. The molecule has 2 N–H and O–H groups in total. The minimum Gasteiger partial charge on any atom is -0.478 e. The first-order valence-electron chi connectivity index (χ1n) is 8.83. The fourth-order valence-corrected chi connectivity index (χ4v) is 3.19. The minimum atomic E-state index is -1.46. The molecule has 1 aromatic rings. The number of benzene rings is 1. The van der Waals surface area contributed by atoms with E-state index in [9.17, 15) is 14.7 Å². The second-order valence-electron chi connectivity index (χ2n) is 7.52. The predicted octanol–water partition coefficient (Wildman–Crippen LogP) is 3.82. The van der Waals surface area contributed by atoms with Crippen molar-refractivity contribution in [2.45, 2.75) is 32.8 Å². The van der Waals surface area contributed by atoms with Crippen molar-refractivity contribution in [3.05, 3.63) is 76.9 Å². The van der Waals surface area contributed by atoms with Crippen LogP contribution in [0.2, 0.25) is 0 Å². The van der Waals surface area contributed by atoms with Crippen LogP contribution in [0.4, 0.5) is 0 Å². The van der Waals surface area contributed by atoms with Crippen LogP contribution in [0.3, 0.4) is 0 Å². The van der Waals surface area contributed by atoms with Crippen molar-refractivity contribution < 1.29 is 19.8 Å². The van der Waals surface area contributed by atoms with Crippen molar-refractivity contribution in [1.82, 2.24) is 0 Å². The molecule has 28 heavy (non-hydrogen) atoms. The van der Waals surface area contributed by atoms with Gasteiger partial charge in [-0.2, -0.15) is 5.26 Å². The zero-order valence-corrected chi connectivity index (χ0v) is 16.1. The van der Waals surface area contributed by atoms with Crippen LogP contribution in [0.15, 0.2) is 65.8 Å². The van der Waals surface area contributed by atoms with Gasteiger partial charge in [-0.15, -0.1) is 0 Å². The summed E-state index contributed by atoms with van der Waals surface area (Å²) in [7, 11) is 0. The van der Waals surface area contributed by atoms with Gasteiger partial charge in [-0.1, -0.05) is 44.2 Å². The van der Waals surface area contributed by atoms with Gasteiger partial charge < -0.3 is 10.2 Å². The van der Waals surface area contributed by atoms with Gasteiger partial charge in [0, 0.05) is 17.9 Å². The van der Waals surface area contributed by atoms with Crippen molar-refractivity contribution >= 4 is 17.8 Å². The standard InChI is InChI=1S/C23H23NO4/c1-16(11-21(26)27)9-10-23(28)19(13-20(25)14-22(23,2)3)8-7-17-5-4-6-18(12-17)15-24/h4-13,28H,14H2,1-3H3,(H,26,27)/b8-7+,10-9+,16-11-/t23-/m1/s1. The lowest BCUT2D eigenvalue weighted by Crippen LogP contribution is -2.48. The summed E-state index contributed by atoms with van der Waals surface area (Å²) in [6.07, 6.45) is 9.11. The Labute approximate surface area is 164 Å². The molecule has 0 aliphatic heterocycles. The summed E-state index contributed by atoms with van der Waals surface area (Å²) in [4.78, 5) is 23.0. The Bertz CT molecular complexity index is 957. The molecule has 0 heterocycles. The van der Waals surface area contributed by atoms with E-state index in [1.165, 1.54) is 12.2 Å². The number of carbonyl (C=O) groups is 2. The second kappa shape index (κ2) is 8.20. The number of ketones is 1. The topological polar surface area (TPSA) is 98.4 Å². The lowest BCUT2D eigenvalue weighted by molar-refractivity contribution is -0.131. The van der Waals surface area contributed by atoms with Crippen LogP contribution in [0, 0.1) is 16.7 Å². The molecule has 5 nitrogen and oxygen atoms in total. The van der Waals surface area contributed by atoms with Gasteiger partial charge in [-0.3, -0.25) is 4.79 Å². The maximum atomic E-state index is 12.2. The van der Waals surface area contributed by atoms with Gasteiger partial charge in [0.25, 0.3) is 0 Å². The second-order valence-corrected chi connectivity index (χ2v) is 7.52. The van der Waals surface area contributed by atoms with Crippen molar-refractivity contribution in [3.8, 4) is 6.07 Å². The highest BCUT2D eigenvalue weighted by Gasteiger charge is 2.47. The fourth-order valence-electron chi connectivity index (χ4n) is 3.19. The molecule has 2 rings (SSSR count).